The van der Waals surface area contributed by atoms with Gasteiger partial charge in [-0.3, -0.25) is 19.2 Å². The smallest absolute Gasteiger partial charge is 0.326 e. The van der Waals surface area contributed by atoms with E-state index in [2.05, 4.69) is 12.2 Å². The van der Waals surface area contributed by atoms with E-state index in [-0.39, 0.29) is 67.0 Å². The molecule has 10 heteroatoms. The largest absolute Gasteiger partial charge is 0.480 e. The Morgan fingerprint density at radius 2 is 1.80 bits per heavy atom. The van der Waals surface area contributed by atoms with Gasteiger partial charge in [0.15, 0.2) is 12.4 Å². The van der Waals surface area contributed by atoms with Gasteiger partial charge in [0.25, 0.3) is 0 Å². The summed E-state index contributed by atoms with van der Waals surface area (Å²) in [4.78, 5) is 61.4. The first kappa shape index (κ1) is 31.3. The average molecular weight is 576 g/mol. The summed E-state index contributed by atoms with van der Waals surface area (Å²) in [6.45, 7) is 7.05. The summed E-state index contributed by atoms with van der Waals surface area (Å²) in [7, 11) is 0. The molecule has 3 saturated carbocycles. The van der Waals surface area contributed by atoms with Gasteiger partial charge in [-0.2, -0.15) is 0 Å². The number of aliphatic hydroxyl groups is 2. The average Bonchev–Trinajstić information content (AvgIpc) is 3.16. The van der Waals surface area contributed by atoms with Crippen LogP contribution in [0.3, 0.4) is 0 Å². The van der Waals surface area contributed by atoms with E-state index < -0.39 is 53.4 Å². The fourth-order valence-electron chi connectivity index (χ4n) is 8.66. The molecule has 0 aromatic heterocycles. The maximum absolute atomic E-state index is 13.4. The van der Waals surface area contributed by atoms with Crippen LogP contribution in [0.25, 0.3) is 0 Å². The van der Waals surface area contributed by atoms with Crippen molar-refractivity contribution in [1.82, 2.24) is 5.32 Å². The number of allylic oxidation sites excluding steroid dienone is 1. The van der Waals surface area contributed by atoms with Gasteiger partial charge in [0.2, 0.25) is 11.7 Å². The highest BCUT2D eigenvalue weighted by Crippen LogP contribution is 2.67. The molecule has 0 saturated heterocycles. The molecule has 4 aliphatic rings. The molecule has 4 aliphatic carbocycles. The summed E-state index contributed by atoms with van der Waals surface area (Å²) in [6, 6.07) is -1.05. The summed E-state index contributed by atoms with van der Waals surface area (Å²) in [6.07, 6.45) is 4.47. The fourth-order valence-corrected chi connectivity index (χ4v) is 8.66. The van der Waals surface area contributed by atoms with Gasteiger partial charge in [0, 0.05) is 18.3 Å². The topological polar surface area (TPSA) is 167 Å². The Morgan fingerprint density at radius 3 is 2.46 bits per heavy atom. The molecule has 0 aromatic carbocycles. The summed E-state index contributed by atoms with van der Waals surface area (Å²) in [5, 5.41) is 35.0. The molecule has 0 heterocycles. The van der Waals surface area contributed by atoms with Crippen molar-refractivity contribution in [2.45, 2.75) is 110 Å². The van der Waals surface area contributed by atoms with Crippen molar-refractivity contribution < 1.29 is 44.0 Å². The minimum absolute atomic E-state index is 0.00766. The van der Waals surface area contributed by atoms with E-state index in [0.29, 0.717) is 19.3 Å². The molecule has 228 valence electrons. The van der Waals surface area contributed by atoms with E-state index >= 15 is 0 Å². The number of carbonyl (C=O) groups is 5. The van der Waals surface area contributed by atoms with Crippen LogP contribution in [0.5, 0.6) is 0 Å². The summed E-state index contributed by atoms with van der Waals surface area (Å²) < 4.78 is 5.16. The molecule has 10 nitrogen and oxygen atoms in total. The fraction of sp³-hybridized carbons (Fsp3) is 0.774. The zero-order valence-electron chi connectivity index (χ0n) is 24.6. The number of Topliss-reactive ketones (excluding diaryl/α,β-unsaturated/α-hetero) is 1. The molecular weight excluding hydrogens is 530 g/mol. The van der Waals surface area contributed by atoms with Crippen LogP contribution in [0.1, 0.15) is 91.9 Å². The highest BCUT2D eigenvalue weighted by atomic mass is 16.5. The third-order valence-corrected chi connectivity index (χ3v) is 10.8. The van der Waals surface area contributed by atoms with Gasteiger partial charge in [-0.05, 0) is 80.1 Å². The molecule has 8 atom stereocenters. The van der Waals surface area contributed by atoms with Crippen LogP contribution < -0.4 is 5.32 Å². The lowest BCUT2D eigenvalue weighted by Gasteiger charge is -2.60. The lowest BCUT2D eigenvalue weighted by Crippen LogP contribution is -2.62. The summed E-state index contributed by atoms with van der Waals surface area (Å²) >= 11 is 0. The van der Waals surface area contributed by atoms with Gasteiger partial charge in [0.05, 0.1) is 12.5 Å². The Labute approximate surface area is 241 Å². The number of hydrogen-bond donors (Lipinski definition) is 4. The number of fused-ring (bicyclic) bond motifs is 5. The van der Waals surface area contributed by atoms with Gasteiger partial charge >= 0.3 is 11.9 Å². The molecule has 0 aliphatic heterocycles. The van der Waals surface area contributed by atoms with E-state index in [1.807, 2.05) is 20.8 Å². The number of aliphatic hydroxyl groups excluding tert-OH is 1. The first-order valence-electron chi connectivity index (χ1n) is 15.0. The predicted octanol–water partition coefficient (Wildman–Crippen LogP) is 2.73. The number of esters is 1. The molecule has 4 rings (SSSR count). The monoisotopic (exact) mass is 575 g/mol. The number of aliphatic carboxylic acids is 1. The Morgan fingerprint density at radius 1 is 1.10 bits per heavy atom. The number of carboxylic acids is 1. The SMILES string of the molecule is CC(C)C[C@H](NC(=O)CCC(=O)OCC(=O)[C@]1(O)CC[C@H]2[C@@H]3CCC4=CC(=O)CC[C@]4(C)[C@H]3[C@H](O)C[C@@]21C)C(=O)O. The van der Waals surface area contributed by atoms with Gasteiger partial charge in [-0.1, -0.05) is 33.3 Å². The van der Waals surface area contributed by atoms with Crippen molar-refractivity contribution in [1.29, 1.82) is 0 Å². The lowest BCUT2D eigenvalue weighted by atomic mass is 9.45. The normalized spacial score (nSPS) is 36.9. The van der Waals surface area contributed by atoms with Crippen molar-refractivity contribution in [3.63, 3.8) is 0 Å². The van der Waals surface area contributed by atoms with Crippen molar-refractivity contribution in [2.75, 3.05) is 6.61 Å². The lowest BCUT2D eigenvalue weighted by molar-refractivity contribution is -0.184. The Bertz CT molecular complexity index is 1130. The molecular formula is C31H45NO9. The number of ketones is 2. The molecule has 0 unspecified atom stereocenters. The Hall–Kier alpha value is -2.59. The van der Waals surface area contributed by atoms with Crippen LogP contribution in [0, 0.1) is 34.5 Å². The van der Waals surface area contributed by atoms with E-state index in [9.17, 15) is 39.3 Å². The van der Waals surface area contributed by atoms with Crippen molar-refractivity contribution in [3.8, 4) is 0 Å². The van der Waals surface area contributed by atoms with Crippen molar-refractivity contribution in [2.24, 2.45) is 34.5 Å². The predicted molar refractivity (Wildman–Crippen MR) is 147 cm³/mol. The van der Waals surface area contributed by atoms with Gasteiger partial charge < -0.3 is 25.4 Å². The van der Waals surface area contributed by atoms with E-state index in [0.717, 1.165) is 18.4 Å². The van der Waals surface area contributed by atoms with Crippen molar-refractivity contribution >= 4 is 29.4 Å². The molecule has 3 fully saturated rings. The number of amides is 1. The number of nitrogens with one attached hydrogen (secondary N) is 1. The molecule has 1 amide bonds. The maximum atomic E-state index is 13.4. The molecule has 0 bridgehead atoms. The summed E-state index contributed by atoms with van der Waals surface area (Å²) in [5.41, 5.74) is -1.81. The van der Waals surface area contributed by atoms with Crippen LogP contribution in [-0.2, 0) is 28.7 Å². The van der Waals surface area contributed by atoms with Crippen LogP contribution in [-0.4, -0.2) is 69.1 Å². The summed E-state index contributed by atoms with van der Waals surface area (Å²) in [5.74, 6) is -2.89. The first-order chi connectivity index (χ1) is 19.1. The number of rotatable bonds is 10. The number of carboxylic acid groups (broad SMARTS) is 1. The second kappa shape index (κ2) is 11.6. The zero-order chi connectivity index (χ0) is 30.3. The molecule has 4 N–H and O–H groups in total. The van der Waals surface area contributed by atoms with E-state index in [1.54, 1.807) is 6.08 Å². The highest BCUT2D eigenvalue weighted by molar-refractivity contribution is 5.92. The molecule has 41 heavy (non-hydrogen) atoms. The number of ether oxygens (including phenoxy) is 1. The van der Waals surface area contributed by atoms with Gasteiger partial charge in [0.1, 0.15) is 11.6 Å². The van der Waals surface area contributed by atoms with E-state index in [4.69, 9.17) is 4.74 Å². The second-order valence-corrected chi connectivity index (χ2v) is 13.6. The second-order valence-electron chi connectivity index (χ2n) is 13.6. The quantitative estimate of drug-likeness (QED) is 0.286. The number of hydrogen-bond acceptors (Lipinski definition) is 8. The minimum Gasteiger partial charge on any atom is -0.480 e. The Balaban J connectivity index is 1.36. The van der Waals surface area contributed by atoms with Crippen LogP contribution in [0.4, 0.5) is 0 Å². The van der Waals surface area contributed by atoms with Crippen LogP contribution in [0.15, 0.2) is 11.6 Å². The molecule has 0 spiro atoms. The maximum Gasteiger partial charge on any atom is 0.326 e. The standard InChI is InChI=1S/C31H45NO9/c1-17(2)13-22(28(38)39)32-25(36)7-8-26(37)41-16-24(35)31(40)12-10-21-20-6-5-18-14-19(33)9-11-29(18,3)27(20)23(34)15-30(21,31)4/h14,17,20-23,27,34,40H,5-13,15-16H2,1-4H3,(H,32,36)(H,38,39)/t20-,21-,22-,23+,27+,29-,30-,31+/m0/s1. The van der Waals surface area contributed by atoms with Gasteiger partial charge in [-0.15, -0.1) is 0 Å². The first-order valence-corrected chi connectivity index (χ1v) is 15.0. The zero-order valence-corrected chi connectivity index (χ0v) is 24.6. The third-order valence-electron chi connectivity index (χ3n) is 10.8. The molecule has 0 aromatic rings. The number of carbonyl (C=O) groups excluding carboxylic acids is 4. The Kier molecular flexibility index (Phi) is 8.86. The van der Waals surface area contributed by atoms with Crippen LogP contribution >= 0.6 is 0 Å². The third kappa shape index (κ3) is 5.74. The molecule has 0 radical (unpaired) electrons. The minimum atomic E-state index is -1.76. The van der Waals surface area contributed by atoms with Crippen LogP contribution in [0.2, 0.25) is 0 Å². The van der Waals surface area contributed by atoms with Crippen molar-refractivity contribution in [3.05, 3.63) is 11.6 Å². The van der Waals surface area contributed by atoms with Gasteiger partial charge in [-0.25, -0.2) is 4.79 Å². The van der Waals surface area contributed by atoms with E-state index in [1.165, 1.54) is 0 Å². The highest BCUT2D eigenvalue weighted by Gasteiger charge is 2.68.